The number of carbonyl (C=O) groups is 1. The molecule has 0 aliphatic carbocycles. The summed E-state index contributed by atoms with van der Waals surface area (Å²) in [5.41, 5.74) is 0.873. The van der Waals surface area contributed by atoms with E-state index < -0.39 is 0 Å². The Hall–Kier alpha value is -0.460. The summed E-state index contributed by atoms with van der Waals surface area (Å²) in [4.78, 5) is 10.8. The van der Waals surface area contributed by atoms with E-state index in [2.05, 4.69) is 0 Å². The Kier molecular flexibility index (Phi) is 4.20. The highest BCUT2D eigenvalue weighted by Gasteiger charge is 2.02. The van der Waals surface area contributed by atoms with Crippen LogP contribution in [0.4, 0.5) is 0 Å². The summed E-state index contributed by atoms with van der Waals surface area (Å²) in [7, 11) is 3.37. The van der Waals surface area contributed by atoms with E-state index in [0.717, 1.165) is 5.47 Å². The van der Waals surface area contributed by atoms with Crippen molar-refractivity contribution >= 4 is 20.2 Å². The second-order valence-corrected chi connectivity index (χ2v) is 1.69. The van der Waals surface area contributed by atoms with Crippen molar-refractivity contribution < 1.29 is 4.79 Å². The average Bonchev–Trinajstić information content (AvgIpc) is 1.90. The molecule has 3 heteroatoms. The fourth-order valence-electron chi connectivity index (χ4n) is 0.618. The van der Waals surface area contributed by atoms with Gasteiger partial charge in [0.05, 0.1) is 5.68 Å². The van der Waals surface area contributed by atoms with Crippen molar-refractivity contribution in [3.8, 4) is 0 Å². The molecule has 1 nitrogen and oxygen atoms in total. The zero-order valence-electron chi connectivity index (χ0n) is 6.14. The van der Waals surface area contributed by atoms with Gasteiger partial charge < -0.3 is 4.79 Å². The number of allylic oxidation sites excluding steroid dienone is 2. The average molecular weight is 120 g/mol. The van der Waals surface area contributed by atoms with Crippen LogP contribution in [0.1, 0.15) is 6.92 Å². The summed E-state index contributed by atoms with van der Waals surface area (Å²) in [6.45, 7) is 5.46. The molecule has 0 amide bonds. The van der Waals surface area contributed by atoms with Crippen molar-refractivity contribution in [2.24, 2.45) is 0 Å². The lowest BCUT2D eigenvalue weighted by Crippen LogP contribution is -2.11. The largest absolute Gasteiger partial charge is 0.308 e. The molecule has 0 aliphatic heterocycles. The van der Waals surface area contributed by atoms with Gasteiger partial charge >= 0.3 is 0 Å². The maximum atomic E-state index is 10.8. The van der Waals surface area contributed by atoms with E-state index in [1.807, 2.05) is 27.1 Å². The van der Waals surface area contributed by atoms with Crippen LogP contribution in [-0.2, 0) is 4.79 Å². The monoisotopic (exact) mass is 120 g/mol. The number of rotatable bonds is 3. The lowest BCUT2D eigenvalue weighted by molar-refractivity contribution is -0.108. The Morgan fingerprint density at radius 2 is 1.89 bits per heavy atom. The first-order valence-corrected chi connectivity index (χ1v) is 3.05. The van der Waals surface area contributed by atoms with Crippen molar-refractivity contribution in [1.82, 2.24) is 0 Å². The molecular weight excluding hydrogens is 110 g/mol. The Morgan fingerprint density at radius 3 is 2.00 bits per heavy atom. The third kappa shape index (κ3) is 2.54. The topological polar surface area (TPSA) is 17.1 Å². The Morgan fingerprint density at radius 1 is 1.33 bits per heavy atom. The molecule has 0 aromatic rings. The van der Waals surface area contributed by atoms with Gasteiger partial charge in [-0.15, -0.1) is 0 Å². The van der Waals surface area contributed by atoms with Gasteiger partial charge in [0.15, 0.2) is 7.28 Å². The number of hydrogen-bond donors (Lipinski definition) is 0. The van der Waals surface area contributed by atoms with Crippen LogP contribution in [0.3, 0.4) is 0 Å². The molecule has 0 unspecified atom stereocenters. The quantitative estimate of drug-likeness (QED) is 0.399. The van der Waals surface area contributed by atoms with Crippen molar-refractivity contribution in [1.29, 1.82) is 0 Å². The summed E-state index contributed by atoms with van der Waals surface area (Å²) in [6, 6.07) is 0. The first-order valence-electron chi connectivity index (χ1n) is 3.05. The van der Waals surface area contributed by atoms with Gasteiger partial charge in [-0.25, -0.2) is 0 Å². The van der Waals surface area contributed by atoms with E-state index in [1.54, 1.807) is 14.1 Å². The third-order valence-corrected chi connectivity index (χ3v) is 1.17. The van der Waals surface area contributed by atoms with Crippen LogP contribution >= 0.6 is 0 Å². The standard InChI is InChI=1S/C6H10B2O/c1-4-5(7-2)6(9)8-3/h4H,1-3H3/b5-4-. The molecule has 0 aromatic heterocycles. The second kappa shape index (κ2) is 4.42. The molecule has 0 spiro atoms. The first-order chi connectivity index (χ1) is 4.26. The Bertz CT molecular complexity index is 129. The highest BCUT2D eigenvalue weighted by atomic mass is 16.1. The smallest absolute Gasteiger partial charge is 0.204 e. The van der Waals surface area contributed by atoms with E-state index in [0.29, 0.717) is 0 Å². The highest BCUT2D eigenvalue weighted by molar-refractivity contribution is 6.82. The number of hydrogen-bond acceptors (Lipinski definition) is 1. The van der Waals surface area contributed by atoms with Gasteiger partial charge in [-0.1, -0.05) is 25.2 Å². The summed E-state index contributed by atoms with van der Waals surface area (Å²) >= 11 is 0. The predicted octanol–water partition coefficient (Wildman–Crippen LogP) is 0.921. The van der Waals surface area contributed by atoms with Crippen LogP contribution in [-0.4, -0.2) is 20.2 Å². The molecule has 0 saturated heterocycles. The fourth-order valence-corrected chi connectivity index (χ4v) is 0.618. The molecule has 9 heavy (non-hydrogen) atoms. The van der Waals surface area contributed by atoms with Crippen molar-refractivity contribution in [3.05, 3.63) is 11.5 Å². The maximum Gasteiger partial charge on any atom is 0.204 e. The minimum Gasteiger partial charge on any atom is -0.308 e. The van der Waals surface area contributed by atoms with Crippen LogP contribution < -0.4 is 0 Å². The SMILES string of the molecule is C[B]C(=O)/C([B]C)=C/C. The van der Waals surface area contributed by atoms with Crippen LogP contribution in [0.15, 0.2) is 11.5 Å². The summed E-state index contributed by atoms with van der Waals surface area (Å²) < 4.78 is 0. The van der Waals surface area contributed by atoms with Gasteiger partial charge in [0, 0.05) is 0 Å². The second-order valence-electron chi connectivity index (χ2n) is 1.69. The molecule has 0 bridgehead atoms. The zero-order valence-corrected chi connectivity index (χ0v) is 6.14. The minimum atomic E-state index is 0.0972. The molecule has 2 radical (unpaired) electrons. The third-order valence-electron chi connectivity index (χ3n) is 1.17. The molecule has 0 heterocycles. The van der Waals surface area contributed by atoms with E-state index in [9.17, 15) is 4.79 Å². The molecular formula is C6H10B2O. The van der Waals surface area contributed by atoms with Crippen molar-refractivity contribution in [3.63, 3.8) is 0 Å². The van der Waals surface area contributed by atoms with E-state index in [1.165, 1.54) is 0 Å². The lowest BCUT2D eigenvalue weighted by Gasteiger charge is -1.95. The first kappa shape index (κ1) is 8.54. The molecule has 0 fully saturated rings. The minimum absolute atomic E-state index is 0.0972. The molecule has 46 valence electrons. The molecule has 0 aromatic carbocycles. The van der Waals surface area contributed by atoms with E-state index in [-0.39, 0.29) is 5.68 Å². The molecule has 0 atom stereocenters. The lowest BCUT2D eigenvalue weighted by atomic mass is 9.60. The molecule has 0 N–H and O–H groups in total. The van der Waals surface area contributed by atoms with Crippen molar-refractivity contribution in [2.45, 2.75) is 20.6 Å². The van der Waals surface area contributed by atoms with Gasteiger partial charge in [0.2, 0.25) is 7.28 Å². The summed E-state index contributed by atoms with van der Waals surface area (Å²) in [6.07, 6.45) is 1.81. The normalized spacial score (nSPS) is 10.8. The van der Waals surface area contributed by atoms with Gasteiger partial charge in [-0.05, 0) is 6.92 Å². The van der Waals surface area contributed by atoms with Gasteiger partial charge in [-0.2, -0.15) is 0 Å². The highest BCUT2D eigenvalue weighted by Crippen LogP contribution is 1.91. The molecule has 0 saturated carbocycles. The molecule has 0 rings (SSSR count). The van der Waals surface area contributed by atoms with Crippen LogP contribution in [0, 0.1) is 0 Å². The van der Waals surface area contributed by atoms with Crippen molar-refractivity contribution in [2.75, 3.05) is 0 Å². The van der Waals surface area contributed by atoms with Crippen LogP contribution in [0.5, 0.6) is 0 Å². The fraction of sp³-hybridized carbons (Fsp3) is 0.500. The zero-order chi connectivity index (χ0) is 7.28. The van der Waals surface area contributed by atoms with E-state index in [4.69, 9.17) is 0 Å². The molecule has 0 aliphatic rings. The van der Waals surface area contributed by atoms with E-state index >= 15 is 0 Å². The maximum absolute atomic E-state index is 10.8. The van der Waals surface area contributed by atoms with Crippen LogP contribution in [0.2, 0.25) is 13.6 Å². The summed E-state index contributed by atoms with van der Waals surface area (Å²) in [5.74, 6) is 0. The number of carbonyl (C=O) groups excluding carboxylic acids is 1. The predicted molar refractivity (Wildman–Crippen MR) is 42.0 cm³/mol. The van der Waals surface area contributed by atoms with Gasteiger partial charge in [-0.3, -0.25) is 0 Å². The van der Waals surface area contributed by atoms with Gasteiger partial charge in [0.25, 0.3) is 0 Å². The van der Waals surface area contributed by atoms with Crippen LogP contribution in [0.25, 0.3) is 0 Å². The Balaban J connectivity index is 3.97. The Labute approximate surface area is 58.0 Å². The van der Waals surface area contributed by atoms with Gasteiger partial charge in [0.1, 0.15) is 0 Å². The summed E-state index contributed by atoms with van der Waals surface area (Å²) in [5, 5.41) is 0.